The molecule has 0 saturated heterocycles. The second-order valence-electron chi connectivity index (χ2n) is 6.59. The molecule has 1 aromatic heterocycles. The van der Waals surface area contributed by atoms with E-state index in [1.54, 1.807) is 37.1 Å². The summed E-state index contributed by atoms with van der Waals surface area (Å²) in [4.78, 5) is 0. The van der Waals surface area contributed by atoms with E-state index in [0.29, 0.717) is 16.5 Å². The highest BCUT2D eigenvalue weighted by atomic mass is 32.2. The van der Waals surface area contributed by atoms with E-state index in [0.717, 1.165) is 17.2 Å². The van der Waals surface area contributed by atoms with Crippen LogP contribution in [0.1, 0.15) is 11.1 Å². The van der Waals surface area contributed by atoms with E-state index >= 15 is 0 Å². The number of ether oxygens (including phenoxy) is 1. The fourth-order valence-electron chi connectivity index (χ4n) is 2.98. The Kier molecular flexibility index (Phi) is 5.62. The van der Waals surface area contributed by atoms with Gasteiger partial charge in [-0.3, -0.25) is 4.57 Å². The lowest BCUT2D eigenvalue weighted by atomic mass is 10.2. The van der Waals surface area contributed by atoms with E-state index in [-0.39, 0.29) is 5.82 Å². The Morgan fingerprint density at radius 3 is 2.34 bits per heavy atom. The molecular formula is C23H20FN3OS. The molecule has 0 atom stereocenters. The topological polar surface area (TPSA) is 39.9 Å². The molecule has 0 aliphatic rings. The summed E-state index contributed by atoms with van der Waals surface area (Å²) >= 11 is 1.57. The minimum Gasteiger partial charge on any atom is -0.497 e. The van der Waals surface area contributed by atoms with Crippen LogP contribution in [0.2, 0.25) is 0 Å². The summed E-state index contributed by atoms with van der Waals surface area (Å²) in [5, 5.41) is 9.38. The van der Waals surface area contributed by atoms with Crippen LogP contribution in [-0.2, 0) is 5.75 Å². The zero-order valence-electron chi connectivity index (χ0n) is 16.2. The molecule has 1 heterocycles. The SMILES string of the molecule is COc1ccc(-n2c(SCc3ccc(C)cc3)nnc2-c2ccccc2F)cc1. The van der Waals surface area contributed by atoms with Crippen molar-refractivity contribution in [2.45, 2.75) is 17.8 Å². The molecule has 0 radical (unpaired) electrons. The molecule has 4 rings (SSSR count). The number of benzene rings is 3. The van der Waals surface area contributed by atoms with Crippen molar-refractivity contribution in [2.24, 2.45) is 0 Å². The second kappa shape index (κ2) is 8.49. The summed E-state index contributed by atoms with van der Waals surface area (Å²) in [6.45, 7) is 2.07. The third-order valence-electron chi connectivity index (χ3n) is 4.57. The molecular weight excluding hydrogens is 385 g/mol. The summed E-state index contributed by atoms with van der Waals surface area (Å²) in [6, 6.07) is 22.6. The minimum absolute atomic E-state index is 0.329. The first-order valence-corrected chi connectivity index (χ1v) is 10.2. The summed E-state index contributed by atoms with van der Waals surface area (Å²) in [5.41, 5.74) is 3.68. The van der Waals surface area contributed by atoms with Crippen molar-refractivity contribution in [2.75, 3.05) is 7.11 Å². The molecule has 3 aromatic carbocycles. The number of thioether (sulfide) groups is 1. The van der Waals surface area contributed by atoms with Crippen LogP contribution in [0.5, 0.6) is 5.75 Å². The molecule has 0 aliphatic heterocycles. The quantitative estimate of drug-likeness (QED) is 0.387. The largest absolute Gasteiger partial charge is 0.497 e. The molecule has 6 heteroatoms. The molecule has 0 unspecified atom stereocenters. The molecule has 29 heavy (non-hydrogen) atoms. The zero-order chi connectivity index (χ0) is 20.2. The maximum atomic E-state index is 14.5. The molecule has 0 fully saturated rings. The molecule has 0 N–H and O–H groups in total. The van der Waals surface area contributed by atoms with Gasteiger partial charge >= 0.3 is 0 Å². The normalized spacial score (nSPS) is 10.9. The molecule has 4 aromatic rings. The molecule has 0 aliphatic carbocycles. The van der Waals surface area contributed by atoms with Crippen LogP contribution in [0.3, 0.4) is 0 Å². The fraction of sp³-hybridized carbons (Fsp3) is 0.130. The summed E-state index contributed by atoms with van der Waals surface area (Å²) < 4.78 is 21.6. The van der Waals surface area contributed by atoms with Crippen LogP contribution >= 0.6 is 11.8 Å². The van der Waals surface area contributed by atoms with Crippen molar-refractivity contribution in [3.05, 3.63) is 89.7 Å². The molecule has 0 amide bonds. The van der Waals surface area contributed by atoms with Gasteiger partial charge in [-0.05, 0) is 48.9 Å². The highest BCUT2D eigenvalue weighted by Gasteiger charge is 2.18. The maximum Gasteiger partial charge on any atom is 0.196 e. The smallest absolute Gasteiger partial charge is 0.196 e. The Morgan fingerprint density at radius 2 is 1.66 bits per heavy atom. The van der Waals surface area contributed by atoms with Crippen molar-refractivity contribution in [3.63, 3.8) is 0 Å². The number of aromatic nitrogens is 3. The number of rotatable bonds is 6. The van der Waals surface area contributed by atoms with Crippen molar-refractivity contribution >= 4 is 11.8 Å². The van der Waals surface area contributed by atoms with Gasteiger partial charge in [0.05, 0.1) is 18.4 Å². The van der Waals surface area contributed by atoms with Gasteiger partial charge in [-0.15, -0.1) is 10.2 Å². The first kappa shape index (κ1) is 19.2. The van der Waals surface area contributed by atoms with Gasteiger partial charge in [0.1, 0.15) is 11.6 Å². The summed E-state index contributed by atoms with van der Waals surface area (Å²) in [6.07, 6.45) is 0. The standard InChI is InChI=1S/C23H20FN3OS/c1-16-7-9-17(10-8-16)15-29-23-26-25-22(20-5-3-4-6-21(20)24)27(23)18-11-13-19(28-2)14-12-18/h3-14H,15H2,1-2H3. The maximum absolute atomic E-state index is 14.5. The molecule has 4 nitrogen and oxygen atoms in total. The Morgan fingerprint density at radius 1 is 0.931 bits per heavy atom. The van der Waals surface area contributed by atoms with Gasteiger partial charge in [0.15, 0.2) is 11.0 Å². The van der Waals surface area contributed by atoms with E-state index in [1.165, 1.54) is 17.2 Å². The van der Waals surface area contributed by atoms with Gasteiger partial charge in [0.2, 0.25) is 0 Å². The van der Waals surface area contributed by atoms with Crippen LogP contribution in [0, 0.1) is 12.7 Å². The van der Waals surface area contributed by atoms with Gasteiger partial charge < -0.3 is 4.74 Å². The number of aryl methyl sites for hydroxylation is 1. The van der Waals surface area contributed by atoms with E-state index in [1.807, 2.05) is 28.8 Å². The lowest BCUT2D eigenvalue weighted by molar-refractivity contribution is 0.414. The van der Waals surface area contributed by atoms with E-state index in [9.17, 15) is 4.39 Å². The van der Waals surface area contributed by atoms with Gasteiger partial charge in [0.25, 0.3) is 0 Å². The average Bonchev–Trinajstić information content (AvgIpc) is 3.17. The molecule has 0 bridgehead atoms. The van der Waals surface area contributed by atoms with Crippen molar-refractivity contribution in [3.8, 4) is 22.8 Å². The fourth-order valence-corrected chi connectivity index (χ4v) is 3.88. The van der Waals surface area contributed by atoms with Crippen LogP contribution in [0.25, 0.3) is 17.1 Å². The monoisotopic (exact) mass is 405 g/mol. The predicted octanol–water partition coefficient (Wildman–Crippen LogP) is 5.68. The average molecular weight is 405 g/mol. The summed E-state index contributed by atoms with van der Waals surface area (Å²) in [5.74, 6) is 1.64. The Bertz CT molecular complexity index is 1110. The Hall–Kier alpha value is -3.12. The highest BCUT2D eigenvalue weighted by molar-refractivity contribution is 7.98. The number of halogens is 1. The molecule has 0 saturated carbocycles. The van der Waals surface area contributed by atoms with E-state index in [4.69, 9.17) is 4.74 Å². The summed E-state index contributed by atoms with van der Waals surface area (Å²) in [7, 11) is 1.63. The van der Waals surface area contributed by atoms with Crippen LogP contribution in [0.15, 0.2) is 78.0 Å². The highest BCUT2D eigenvalue weighted by Crippen LogP contribution is 2.31. The van der Waals surface area contributed by atoms with Gasteiger partial charge in [0, 0.05) is 5.75 Å². The van der Waals surface area contributed by atoms with Crippen molar-refractivity contribution in [1.82, 2.24) is 14.8 Å². The van der Waals surface area contributed by atoms with Gasteiger partial charge in [-0.1, -0.05) is 53.7 Å². The zero-order valence-corrected chi connectivity index (χ0v) is 17.0. The number of hydrogen-bond acceptors (Lipinski definition) is 4. The van der Waals surface area contributed by atoms with Crippen LogP contribution < -0.4 is 4.74 Å². The van der Waals surface area contributed by atoms with E-state index < -0.39 is 0 Å². The number of nitrogens with zero attached hydrogens (tertiary/aromatic N) is 3. The lowest BCUT2D eigenvalue weighted by Gasteiger charge is -2.11. The van der Waals surface area contributed by atoms with Crippen LogP contribution in [-0.4, -0.2) is 21.9 Å². The van der Waals surface area contributed by atoms with Gasteiger partial charge in [-0.25, -0.2) is 4.39 Å². The second-order valence-corrected chi connectivity index (χ2v) is 7.54. The predicted molar refractivity (Wildman–Crippen MR) is 114 cm³/mol. The van der Waals surface area contributed by atoms with Crippen molar-refractivity contribution < 1.29 is 9.13 Å². The Balaban J connectivity index is 1.74. The Labute approximate surface area is 173 Å². The number of hydrogen-bond donors (Lipinski definition) is 0. The third-order valence-corrected chi connectivity index (χ3v) is 5.57. The molecule has 0 spiro atoms. The first-order chi connectivity index (χ1) is 14.2. The first-order valence-electron chi connectivity index (χ1n) is 9.19. The third kappa shape index (κ3) is 4.17. The van der Waals surface area contributed by atoms with E-state index in [2.05, 4.69) is 41.4 Å². The molecule has 146 valence electrons. The van der Waals surface area contributed by atoms with Crippen LogP contribution in [0.4, 0.5) is 4.39 Å². The van der Waals surface area contributed by atoms with Crippen molar-refractivity contribution in [1.29, 1.82) is 0 Å². The lowest BCUT2D eigenvalue weighted by Crippen LogP contribution is -2.01. The van der Waals surface area contributed by atoms with Gasteiger partial charge in [-0.2, -0.15) is 0 Å². The number of methoxy groups -OCH3 is 1. The minimum atomic E-state index is -0.329.